The molecule has 0 spiro atoms. The molecule has 5 heteroatoms. The van der Waals surface area contributed by atoms with Crippen LogP contribution >= 0.6 is 0 Å². The molecule has 0 aromatic carbocycles. The predicted molar refractivity (Wildman–Crippen MR) is 70.5 cm³/mol. The van der Waals surface area contributed by atoms with E-state index in [9.17, 15) is 4.79 Å². The van der Waals surface area contributed by atoms with Crippen molar-refractivity contribution in [2.24, 2.45) is 5.92 Å². The molecule has 0 aromatic rings. The summed E-state index contributed by atoms with van der Waals surface area (Å²) in [6, 6.07) is 0. The highest BCUT2D eigenvalue weighted by Gasteiger charge is 2.17. The molecule has 0 radical (unpaired) electrons. The van der Waals surface area contributed by atoms with Crippen molar-refractivity contribution in [3.63, 3.8) is 0 Å². The third kappa shape index (κ3) is 4.92. The number of nitrogens with one attached hydrogen (secondary N) is 2. The molecule has 2 aliphatic rings. The van der Waals surface area contributed by atoms with Crippen molar-refractivity contribution in [1.82, 2.24) is 15.5 Å². The maximum Gasteiger partial charge on any atom is 0.220 e. The van der Waals surface area contributed by atoms with Gasteiger partial charge < -0.3 is 15.4 Å². The molecule has 1 atom stereocenters. The second kappa shape index (κ2) is 7.71. The van der Waals surface area contributed by atoms with Crippen LogP contribution in [-0.2, 0) is 9.53 Å². The van der Waals surface area contributed by atoms with Crippen molar-refractivity contribution in [2.75, 3.05) is 52.5 Å². The Hall–Kier alpha value is -0.650. The first kappa shape index (κ1) is 13.8. The summed E-state index contributed by atoms with van der Waals surface area (Å²) in [5.41, 5.74) is 0. The zero-order valence-electron chi connectivity index (χ0n) is 11.1. The zero-order valence-corrected chi connectivity index (χ0v) is 11.1. The molecule has 5 nitrogen and oxygen atoms in total. The van der Waals surface area contributed by atoms with Gasteiger partial charge in [-0.2, -0.15) is 0 Å². The molecule has 1 amide bonds. The molecule has 0 bridgehead atoms. The Morgan fingerprint density at radius 2 is 2.22 bits per heavy atom. The van der Waals surface area contributed by atoms with Crippen LogP contribution in [0.4, 0.5) is 0 Å². The first-order valence-corrected chi connectivity index (χ1v) is 7.12. The first-order chi connectivity index (χ1) is 8.84. The Morgan fingerprint density at radius 3 is 2.94 bits per heavy atom. The van der Waals surface area contributed by atoms with Gasteiger partial charge in [0.25, 0.3) is 0 Å². The largest absolute Gasteiger partial charge is 0.379 e. The lowest BCUT2D eigenvalue weighted by atomic mass is 10.0. The number of nitrogens with zero attached hydrogens (tertiary/aromatic N) is 1. The summed E-state index contributed by atoms with van der Waals surface area (Å²) in [5, 5.41) is 6.31. The van der Waals surface area contributed by atoms with E-state index < -0.39 is 0 Å². The van der Waals surface area contributed by atoms with Crippen molar-refractivity contribution in [3.8, 4) is 0 Å². The minimum Gasteiger partial charge on any atom is -0.379 e. The van der Waals surface area contributed by atoms with Crippen molar-refractivity contribution >= 4 is 5.91 Å². The fourth-order valence-electron chi connectivity index (χ4n) is 2.58. The number of carbonyl (C=O) groups excluding carboxylic acids is 1. The highest BCUT2D eigenvalue weighted by molar-refractivity contribution is 5.76. The molecule has 104 valence electrons. The molecule has 2 heterocycles. The summed E-state index contributed by atoms with van der Waals surface area (Å²) < 4.78 is 5.30. The van der Waals surface area contributed by atoms with E-state index >= 15 is 0 Å². The molecular weight excluding hydrogens is 230 g/mol. The number of hydrogen-bond donors (Lipinski definition) is 2. The van der Waals surface area contributed by atoms with Crippen molar-refractivity contribution in [2.45, 2.75) is 19.3 Å². The van der Waals surface area contributed by atoms with E-state index in [-0.39, 0.29) is 5.91 Å². The number of carbonyl (C=O) groups is 1. The number of hydrogen-bond acceptors (Lipinski definition) is 4. The van der Waals surface area contributed by atoms with E-state index in [1.807, 2.05) is 0 Å². The molecule has 2 fully saturated rings. The third-order valence-corrected chi connectivity index (χ3v) is 3.71. The van der Waals surface area contributed by atoms with Crippen LogP contribution < -0.4 is 10.6 Å². The van der Waals surface area contributed by atoms with E-state index in [1.54, 1.807) is 0 Å². The van der Waals surface area contributed by atoms with Crippen LogP contribution in [0.15, 0.2) is 0 Å². The number of morpholine rings is 1. The summed E-state index contributed by atoms with van der Waals surface area (Å²) in [4.78, 5) is 14.1. The molecule has 2 aliphatic heterocycles. The molecule has 0 unspecified atom stereocenters. The minimum absolute atomic E-state index is 0.214. The topological polar surface area (TPSA) is 53.6 Å². The van der Waals surface area contributed by atoms with E-state index in [4.69, 9.17) is 4.74 Å². The Morgan fingerprint density at radius 1 is 1.39 bits per heavy atom. The van der Waals surface area contributed by atoms with Crippen LogP contribution in [0.5, 0.6) is 0 Å². The van der Waals surface area contributed by atoms with E-state index in [0.717, 1.165) is 65.3 Å². The molecule has 18 heavy (non-hydrogen) atoms. The monoisotopic (exact) mass is 255 g/mol. The minimum atomic E-state index is 0.214. The van der Waals surface area contributed by atoms with Crippen LogP contribution in [0.2, 0.25) is 0 Å². The normalized spacial score (nSPS) is 25.2. The summed E-state index contributed by atoms with van der Waals surface area (Å²) in [6.07, 6.45) is 2.86. The fraction of sp³-hybridized carbons (Fsp3) is 0.923. The highest BCUT2D eigenvalue weighted by atomic mass is 16.5. The van der Waals surface area contributed by atoms with Gasteiger partial charge in [0, 0.05) is 26.1 Å². The molecule has 0 aromatic heterocycles. The number of rotatable bonds is 6. The Kier molecular flexibility index (Phi) is 5.90. The fourth-order valence-corrected chi connectivity index (χ4v) is 2.58. The molecule has 0 saturated carbocycles. The molecule has 0 aliphatic carbocycles. The zero-order chi connectivity index (χ0) is 12.6. The van der Waals surface area contributed by atoms with Crippen LogP contribution in [0, 0.1) is 5.92 Å². The van der Waals surface area contributed by atoms with Crippen molar-refractivity contribution < 1.29 is 9.53 Å². The van der Waals surface area contributed by atoms with Crippen LogP contribution in [0.25, 0.3) is 0 Å². The first-order valence-electron chi connectivity index (χ1n) is 7.12. The summed E-state index contributed by atoms with van der Waals surface area (Å²) in [7, 11) is 0. The highest BCUT2D eigenvalue weighted by Crippen LogP contribution is 2.11. The Balaban J connectivity index is 1.47. The van der Waals surface area contributed by atoms with Gasteiger partial charge in [-0.25, -0.2) is 0 Å². The van der Waals surface area contributed by atoms with E-state index in [0.29, 0.717) is 12.3 Å². The molecule has 2 saturated heterocycles. The standard InChI is InChI=1S/C13H25N3O2/c17-13(10-12-2-4-14-11-12)15-3-1-5-16-6-8-18-9-7-16/h12,14H,1-11H2,(H,15,17)/t12-/m0/s1. The van der Waals surface area contributed by atoms with Crippen LogP contribution in [0.1, 0.15) is 19.3 Å². The summed E-state index contributed by atoms with van der Waals surface area (Å²) >= 11 is 0. The van der Waals surface area contributed by atoms with Gasteiger partial charge in [-0.05, 0) is 38.4 Å². The van der Waals surface area contributed by atoms with Gasteiger partial charge in [0.2, 0.25) is 5.91 Å². The smallest absolute Gasteiger partial charge is 0.220 e. The van der Waals surface area contributed by atoms with Gasteiger partial charge in [-0.1, -0.05) is 0 Å². The SMILES string of the molecule is O=C(C[C@@H]1CCNC1)NCCCN1CCOCC1. The van der Waals surface area contributed by atoms with Gasteiger partial charge in [0.1, 0.15) is 0 Å². The average Bonchev–Trinajstić information content (AvgIpc) is 2.89. The van der Waals surface area contributed by atoms with E-state index in [1.165, 1.54) is 0 Å². The van der Waals surface area contributed by atoms with Gasteiger partial charge in [-0.15, -0.1) is 0 Å². The number of ether oxygens (including phenoxy) is 1. The average molecular weight is 255 g/mol. The Labute approximate surface area is 109 Å². The van der Waals surface area contributed by atoms with Crippen LogP contribution in [-0.4, -0.2) is 63.3 Å². The van der Waals surface area contributed by atoms with Gasteiger partial charge in [0.15, 0.2) is 0 Å². The molecule has 2 N–H and O–H groups in total. The lowest BCUT2D eigenvalue weighted by Gasteiger charge is -2.26. The summed E-state index contributed by atoms with van der Waals surface area (Å²) in [6.45, 7) is 7.69. The lowest BCUT2D eigenvalue weighted by molar-refractivity contribution is -0.121. The van der Waals surface area contributed by atoms with Gasteiger partial charge >= 0.3 is 0 Å². The second-order valence-corrected chi connectivity index (χ2v) is 5.22. The summed E-state index contributed by atoms with van der Waals surface area (Å²) in [5.74, 6) is 0.759. The van der Waals surface area contributed by atoms with Crippen molar-refractivity contribution in [1.29, 1.82) is 0 Å². The molecule has 2 rings (SSSR count). The maximum absolute atomic E-state index is 11.7. The quantitative estimate of drug-likeness (QED) is 0.647. The van der Waals surface area contributed by atoms with Crippen molar-refractivity contribution in [3.05, 3.63) is 0 Å². The van der Waals surface area contributed by atoms with Gasteiger partial charge in [0.05, 0.1) is 13.2 Å². The van der Waals surface area contributed by atoms with Crippen LogP contribution in [0.3, 0.4) is 0 Å². The maximum atomic E-state index is 11.7. The third-order valence-electron chi connectivity index (χ3n) is 3.71. The number of amides is 1. The lowest BCUT2D eigenvalue weighted by Crippen LogP contribution is -2.38. The Bertz CT molecular complexity index is 249. The van der Waals surface area contributed by atoms with Gasteiger partial charge in [-0.3, -0.25) is 9.69 Å². The predicted octanol–water partition coefficient (Wildman–Crippen LogP) is -0.175. The second-order valence-electron chi connectivity index (χ2n) is 5.22. The van der Waals surface area contributed by atoms with E-state index in [2.05, 4.69) is 15.5 Å². The molecular formula is C13H25N3O2.